The fraction of sp³-hybridized carbons (Fsp3) is 0.545. The highest BCUT2D eigenvalue weighted by atomic mass is 79.9. The Bertz CT molecular complexity index is 372. The highest BCUT2D eigenvalue weighted by Gasteiger charge is 2.21. The van der Waals surface area contributed by atoms with Crippen LogP contribution in [-0.4, -0.2) is 18.0 Å². The van der Waals surface area contributed by atoms with Crippen molar-refractivity contribution in [1.29, 1.82) is 0 Å². The number of nitrogens with one attached hydrogen (secondary N) is 1. The SMILES string of the molecule is NC1CCC(NC(=O)c2sccc2Br)CC1. The van der Waals surface area contributed by atoms with Crippen LogP contribution in [0.5, 0.6) is 0 Å². The maximum atomic E-state index is 11.9. The van der Waals surface area contributed by atoms with Gasteiger partial charge in [0.2, 0.25) is 0 Å². The molecule has 5 heteroatoms. The maximum Gasteiger partial charge on any atom is 0.262 e. The third-order valence-corrected chi connectivity index (χ3v) is 4.77. The van der Waals surface area contributed by atoms with Gasteiger partial charge in [0, 0.05) is 16.6 Å². The van der Waals surface area contributed by atoms with Crippen LogP contribution in [-0.2, 0) is 0 Å². The summed E-state index contributed by atoms with van der Waals surface area (Å²) in [4.78, 5) is 12.7. The topological polar surface area (TPSA) is 55.1 Å². The molecule has 0 radical (unpaired) electrons. The maximum absolute atomic E-state index is 11.9. The average molecular weight is 303 g/mol. The second kappa shape index (κ2) is 5.29. The molecule has 3 N–H and O–H groups in total. The van der Waals surface area contributed by atoms with Gasteiger partial charge in [-0.15, -0.1) is 11.3 Å². The molecular weight excluding hydrogens is 288 g/mol. The first-order valence-electron chi connectivity index (χ1n) is 5.46. The Hall–Kier alpha value is -0.390. The van der Waals surface area contributed by atoms with Gasteiger partial charge in [-0.25, -0.2) is 0 Å². The van der Waals surface area contributed by atoms with Crippen molar-refractivity contribution in [2.24, 2.45) is 5.73 Å². The Morgan fingerprint density at radius 2 is 2.12 bits per heavy atom. The van der Waals surface area contributed by atoms with Gasteiger partial charge < -0.3 is 11.1 Å². The van der Waals surface area contributed by atoms with Crippen molar-refractivity contribution in [3.05, 3.63) is 20.8 Å². The zero-order valence-electron chi connectivity index (χ0n) is 8.91. The molecule has 0 unspecified atom stereocenters. The van der Waals surface area contributed by atoms with Crippen LogP contribution in [0.25, 0.3) is 0 Å². The first-order chi connectivity index (χ1) is 7.66. The van der Waals surface area contributed by atoms with Gasteiger partial charge in [0.1, 0.15) is 4.88 Å². The standard InChI is InChI=1S/C11H15BrN2OS/c12-9-5-6-16-10(9)11(15)14-8-3-1-7(13)2-4-8/h5-8H,1-4,13H2,(H,14,15). The van der Waals surface area contributed by atoms with Crippen LogP contribution < -0.4 is 11.1 Å². The normalized spacial score (nSPS) is 25.4. The van der Waals surface area contributed by atoms with E-state index in [2.05, 4.69) is 21.2 Å². The van der Waals surface area contributed by atoms with Crippen LogP contribution >= 0.6 is 27.3 Å². The summed E-state index contributed by atoms with van der Waals surface area (Å²) < 4.78 is 0.877. The van der Waals surface area contributed by atoms with E-state index in [0.29, 0.717) is 12.1 Å². The summed E-state index contributed by atoms with van der Waals surface area (Å²) in [6.07, 6.45) is 4.01. The van der Waals surface area contributed by atoms with E-state index in [9.17, 15) is 4.79 Å². The molecule has 3 nitrogen and oxygen atoms in total. The van der Waals surface area contributed by atoms with Gasteiger partial charge in [-0.05, 0) is 53.1 Å². The fourth-order valence-corrected chi connectivity index (χ4v) is 3.42. The molecule has 0 aromatic carbocycles. The van der Waals surface area contributed by atoms with E-state index in [0.717, 1.165) is 35.0 Å². The zero-order valence-corrected chi connectivity index (χ0v) is 11.3. The van der Waals surface area contributed by atoms with Gasteiger partial charge in [-0.1, -0.05) is 0 Å². The summed E-state index contributed by atoms with van der Waals surface area (Å²) in [5, 5.41) is 4.98. The van der Waals surface area contributed by atoms with E-state index in [1.165, 1.54) is 11.3 Å². The van der Waals surface area contributed by atoms with E-state index in [1.807, 2.05) is 11.4 Å². The molecule has 1 aromatic rings. The monoisotopic (exact) mass is 302 g/mol. The molecule has 1 heterocycles. The molecule has 88 valence electrons. The molecule has 0 spiro atoms. The molecule has 1 aromatic heterocycles. The number of carbonyl (C=O) groups excluding carboxylic acids is 1. The number of nitrogens with two attached hydrogens (primary N) is 1. The van der Waals surface area contributed by atoms with E-state index < -0.39 is 0 Å². The zero-order chi connectivity index (χ0) is 11.5. The molecule has 1 saturated carbocycles. The first-order valence-corrected chi connectivity index (χ1v) is 7.13. The number of halogens is 1. The lowest BCUT2D eigenvalue weighted by Crippen LogP contribution is -2.40. The van der Waals surface area contributed by atoms with Gasteiger partial charge in [-0.3, -0.25) is 4.79 Å². The van der Waals surface area contributed by atoms with Gasteiger partial charge >= 0.3 is 0 Å². The van der Waals surface area contributed by atoms with Crippen molar-refractivity contribution in [2.45, 2.75) is 37.8 Å². The Kier molecular flexibility index (Phi) is 4.00. The van der Waals surface area contributed by atoms with Crippen LogP contribution in [0.2, 0.25) is 0 Å². The molecule has 1 aliphatic rings. The quantitative estimate of drug-likeness (QED) is 0.882. The van der Waals surface area contributed by atoms with Crippen LogP contribution in [0, 0.1) is 0 Å². The van der Waals surface area contributed by atoms with Crippen molar-refractivity contribution in [3.63, 3.8) is 0 Å². The summed E-state index contributed by atoms with van der Waals surface area (Å²) in [6.45, 7) is 0. The average Bonchev–Trinajstić information content (AvgIpc) is 2.68. The van der Waals surface area contributed by atoms with Crippen LogP contribution in [0.3, 0.4) is 0 Å². The molecule has 0 bridgehead atoms. The minimum absolute atomic E-state index is 0.0300. The highest BCUT2D eigenvalue weighted by molar-refractivity contribution is 9.10. The minimum atomic E-state index is 0.0300. The number of rotatable bonds is 2. The number of hydrogen-bond donors (Lipinski definition) is 2. The van der Waals surface area contributed by atoms with E-state index in [4.69, 9.17) is 5.73 Å². The Morgan fingerprint density at radius 3 is 2.69 bits per heavy atom. The number of carbonyl (C=O) groups is 1. The number of amides is 1. The summed E-state index contributed by atoms with van der Waals surface area (Å²) >= 11 is 4.83. The molecule has 16 heavy (non-hydrogen) atoms. The van der Waals surface area contributed by atoms with Crippen LogP contribution in [0.1, 0.15) is 35.4 Å². The number of hydrogen-bond acceptors (Lipinski definition) is 3. The summed E-state index contributed by atoms with van der Waals surface area (Å²) in [7, 11) is 0. The van der Waals surface area contributed by atoms with Crippen molar-refractivity contribution < 1.29 is 4.79 Å². The molecular formula is C11H15BrN2OS. The lowest BCUT2D eigenvalue weighted by Gasteiger charge is -2.26. The van der Waals surface area contributed by atoms with Crippen LogP contribution in [0.15, 0.2) is 15.9 Å². The minimum Gasteiger partial charge on any atom is -0.349 e. The molecule has 0 atom stereocenters. The fourth-order valence-electron chi connectivity index (χ4n) is 1.97. The molecule has 0 aliphatic heterocycles. The van der Waals surface area contributed by atoms with E-state index >= 15 is 0 Å². The smallest absolute Gasteiger partial charge is 0.262 e. The van der Waals surface area contributed by atoms with Crippen molar-refractivity contribution >= 4 is 33.2 Å². The third kappa shape index (κ3) is 2.84. The Balaban J connectivity index is 1.91. The van der Waals surface area contributed by atoms with Crippen molar-refractivity contribution in [2.75, 3.05) is 0 Å². The molecule has 1 aliphatic carbocycles. The largest absolute Gasteiger partial charge is 0.349 e. The van der Waals surface area contributed by atoms with E-state index in [-0.39, 0.29) is 5.91 Å². The summed E-state index contributed by atoms with van der Waals surface area (Å²) in [5.74, 6) is 0.0300. The molecule has 0 saturated heterocycles. The molecule has 1 fully saturated rings. The number of thiophene rings is 1. The summed E-state index contributed by atoms with van der Waals surface area (Å²) in [5.41, 5.74) is 5.83. The highest BCUT2D eigenvalue weighted by Crippen LogP contribution is 2.23. The summed E-state index contributed by atoms with van der Waals surface area (Å²) in [6, 6.07) is 2.51. The van der Waals surface area contributed by atoms with Gasteiger partial charge in [-0.2, -0.15) is 0 Å². The van der Waals surface area contributed by atoms with Crippen molar-refractivity contribution in [3.8, 4) is 0 Å². The van der Waals surface area contributed by atoms with Gasteiger partial charge in [0.25, 0.3) is 5.91 Å². The Labute approximate surface area is 108 Å². The third-order valence-electron chi connectivity index (χ3n) is 2.93. The van der Waals surface area contributed by atoms with E-state index in [1.54, 1.807) is 0 Å². The van der Waals surface area contributed by atoms with Gasteiger partial charge in [0.15, 0.2) is 0 Å². The second-order valence-corrected chi connectivity index (χ2v) is 5.95. The predicted octanol–water partition coefficient (Wildman–Crippen LogP) is 2.51. The van der Waals surface area contributed by atoms with Gasteiger partial charge in [0.05, 0.1) is 0 Å². The lowest BCUT2D eigenvalue weighted by molar-refractivity contribution is 0.0929. The van der Waals surface area contributed by atoms with Crippen molar-refractivity contribution in [1.82, 2.24) is 5.32 Å². The molecule has 2 rings (SSSR count). The lowest BCUT2D eigenvalue weighted by atomic mass is 9.92. The molecule has 1 amide bonds. The Morgan fingerprint density at radius 1 is 1.44 bits per heavy atom. The van der Waals surface area contributed by atoms with Crippen LogP contribution in [0.4, 0.5) is 0 Å². The first kappa shape index (κ1) is 12.1. The second-order valence-electron chi connectivity index (χ2n) is 4.18. The predicted molar refractivity (Wildman–Crippen MR) is 69.7 cm³/mol.